The molecule has 0 aliphatic rings. The zero-order chi connectivity index (χ0) is 29.2. The van der Waals surface area contributed by atoms with Crippen molar-refractivity contribution in [2.24, 2.45) is 5.73 Å². The highest BCUT2D eigenvalue weighted by atomic mass is 15.0. The number of anilines is 2. The van der Waals surface area contributed by atoms with Gasteiger partial charge in [-0.25, -0.2) is 0 Å². The molecule has 3 nitrogen and oxygen atoms in total. The van der Waals surface area contributed by atoms with Gasteiger partial charge in [0.05, 0.1) is 11.0 Å². The van der Waals surface area contributed by atoms with Crippen molar-refractivity contribution in [1.29, 1.82) is 0 Å². The first-order valence-corrected chi connectivity index (χ1v) is 14.7. The number of benzene rings is 5. The van der Waals surface area contributed by atoms with Crippen LogP contribution in [0.25, 0.3) is 49.9 Å². The summed E-state index contributed by atoms with van der Waals surface area (Å²) in [5.74, 6) is 0. The lowest BCUT2D eigenvalue weighted by Crippen LogP contribution is -2.03. The first-order chi connectivity index (χ1) is 20.6. The Morgan fingerprint density at radius 1 is 0.881 bits per heavy atom. The Morgan fingerprint density at radius 2 is 1.67 bits per heavy atom. The summed E-state index contributed by atoms with van der Waals surface area (Å²) < 4.78 is 2.38. The number of para-hydroxylation sites is 1. The van der Waals surface area contributed by atoms with Crippen molar-refractivity contribution in [3.05, 3.63) is 138 Å². The average Bonchev–Trinajstić information content (AvgIpc) is 3.35. The predicted molar refractivity (Wildman–Crippen MR) is 184 cm³/mol. The molecular weight excluding hydrogens is 510 g/mol. The molecule has 0 unspecified atom stereocenters. The lowest BCUT2D eigenvalue weighted by atomic mass is 9.95. The van der Waals surface area contributed by atoms with Gasteiger partial charge in [-0.2, -0.15) is 0 Å². The fourth-order valence-corrected chi connectivity index (χ4v) is 6.24. The average molecular weight is 548 g/mol. The highest BCUT2D eigenvalue weighted by molar-refractivity contribution is 6.17. The summed E-state index contributed by atoms with van der Waals surface area (Å²) in [5.41, 5.74) is 18.1. The van der Waals surface area contributed by atoms with E-state index < -0.39 is 0 Å². The van der Waals surface area contributed by atoms with Crippen LogP contribution in [-0.2, 0) is 13.0 Å². The predicted octanol–water partition coefficient (Wildman–Crippen LogP) is 10.3. The molecule has 3 N–H and O–H groups in total. The van der Waals surface area contributed by atoms with Crippen LogP contribution in [0.4, 0.5) is 11.4 Å². The van der Waals surface area contributed by atoms with Gasteiger partial charge in [-0.15, -0.1) is 0 Å². The molecular formula is C39H37N3. The zero-order valence-electron chi connectivity index (χ0n) is 24.6. The minimum atomic E-state index is 0.417. The largest absolute Gasteiger partial charge is 0.355 e. The summed E-state index contributed by atoms with van der Waals surface area (Å²) >= 11 is 0. The second-order valence-electron chi connectivity index (χ2n) is 10.6. The first-order valence-electron chi connectivity index (χ1n) is 14.7. The van der Waals surface area contributed by atoms with Crippen molar-refractivity contribution < 1.29 is 0 Å². The molecule has 6 aromatic rings. The van der Waals surface area contributed by atoms with Crippen LogP contribution < -0.4 is 11.1 Å². The minimum absolute atomic E-state index is 0.417. The lowest BCUT2D eigenvalue weighted by Gasteiger charge is -2.14. The van der Waals surface area contributed by atoms with E-state index in [0.29, 0.717) is 6.54 Å². The summed E-state index contributed by atoms with van der Waals surface area (Å²) in [6.07, 6.45) is 9.35. The van der Waals surface area contributed by atoms with Crippen LogP contribution in [-0.4, -0.2) is 4.57 Å². The van der Waals surface area contributed by atoms with E-state index in [1.165, 1.54) is 43.8 Å². The number of allylic oxidation sites excluding steroid dienone is 4. The fourth-order valence-electron chi connectivity index (χ4n) is 6.24. The molecule has 0 aliphatic carbocycles. The molecule has 6 rings (SSSR count). The van der Waals surface area contributed by atoms with Gasteiger partial charge in [0.2, 0.25) is 0 Å². The van der Waals surface area contributed by atoms with Gasteiger partial charge >= 0.3 is 0 Å². The molecule has 0 amide bonds. The first kappa shape index (κ1) is 27.3. The summed E-state index contributed by atoms with van der Waals surface area (Å²) in [7, 11) is 0. The lowest BCUT2D eigenvalue weighted by molar-refractivity contribution is 1.09. The smallest absolute Gasteiger partial charge is 0.0547 e. The van der Waals surface area contributed by atoms with Crippen molar-refractivity contribution in [2.45, 2.75) is 33.7 Å². The topological polar surface area (TPSA) is 43.0 Å². The number of rotatable bonds is 8. The SMILES string of the molecule is C=Cc1c(CC)ccc2cc3c(cc12)c1c(CN)c(Nc2ccccc2)ccc1n3-c1ccc(C(/C=C\C)=C/C)cc1. The molecule has 1 aromatic heterocycles. The highest BCUT2D eigenvalue weighted by Gasteiger charge is 2.19. The zero-order valence-corrected chi connectivity index (χ0v) is 24.6. The number of nitrogens with two attached hydrogens (primary N) is 1. The van der Waals surface area contributed by atoms with E-state index in [0.717, 1.165) is 40.1 Å². The van der Waals surface area contributed by atoms with E-state index in [1.807, 2.05) is 24.3 Å². The van der Waals surface area contributed by atoms with Crippen LogP contribution in [0.5, 0.6) is 0 Å². The summed E-state index contributed by atoms with van der Waals surface area (Å²) in [4.78, 5) is 0. The van der Waals surface area contributed by atoms with Crippen LogP contribution in [0.3, 0.4) is 0 Å². The van der Waals surface area contributed by atoms with Crippen LogP contribution in [0, 0.1) is 0 Å². The minimum Gasteiger partial charge on any atom is -0.355 e. The van der Waals surface area contributed by atoms with Gasteiger partial charge in [-0.05, 0) is 107 Å². The second-order valence-corrected chi connectivity index (χ2v) is 10.6. The van der Waals surface area contributed by atoms with Gasteiger partial charge < -0.3 is 15.6 Å². The van der Waals surface area contributed by atoms with Crippen LogP contribution in [0.15, 0.2) is 116 Å². The molecule has 208 valence electrons. The van der Waals surface area contributed by atoms with E-state index in [4.69, 9.17) is 5.73 Å². The highest BCUT2D eigenvalue weighted by Crippen LogP contribution is 2.41. The fraction of sp³-hybridized carbons (Fsp3) is 0.128. The standard InChI is InChI=1S/C39H37N3/c1-5-12-26(6-2)28-17-19-31(20-18-28)42-37-22-21-36(41-30-13-10-9-11-14-30)35(25-40)39(37)34-24-33-29(23-38(34)42)16-15-27(7-3)32(33)8-4/h5-6,8-24,41H,4,7,25,40H2,1-3H3/b12-5-,26-6+. The van der Waals surface area contributed by atoms with E-state index in [2.05, 4.69) is 128 Å². The molecule has 0 bridgehead atoms. The van der Waals surface area contributed by atoms with Crippen molar-refractivity contribution >= 4 is 55.6 Å². The number of nitrogens with zero attached hydrogens (tertiary/aromatic N) is 1. The van der Waals surface area contributed by atoms with Crippen molar-refractivity contribution in [3.8, 4) is 5.69 Å². The molecule has 0 saturated carbocycles. The van der Waals surface area contributed by atoms with Gasteiger partial charge in [0.25, 0.3) is 0 Å². The number of nitrogens with one attached hydrogen (secondary N) is 1. The van der Waals surface area contributed by atoms with Crippen LogP contribution >= 0.6 is 0 Å². The van der Waals surface area contributed by atoms with Crippen LogP contribution in [0.1, 0.15) is 43.0 Å². The molecule has 0 radical (unpaired) electrons. The summed E-state index contributed by atoms with van der Waals surface area (Å²) in [6.45, 7) is 10.9. The van der Waals surface area contributed by atoms with Crippen molar-refractivity contribution in [1.82, 2.24) is 4.57 Å². The van der Waals surface area contributed by atoms with Crippen molar-refractivity contribution in [3.63, 3.8) is 0 Å². The third kappa shape index (κ3) is 4.62. The number of fused-ring (bicyclic) bond motifs is 4. The number of aryl methyl sites for hydroxylation is 1. The van der Waals surface area contributed by atoms with Gasteiger partial charge in [-0.3, -0.25) is 0 Å². The van der Waals surface area contributed by atoms with E-state index >= 15 is 0 Å². The maximum absolute atomic E-state index is 6.54. The van der Waals surface area contributed by atoms with E-state index in [1.54, 1.807) is 0 Å². The Bertz CT molecular complexity index is 1990. The van der Waals surface area contributed by atoms with Gasteiger partial charge in [0, 0.05) is 34.4 Å². The molecule has 0 aliphatic heterocycles. The summed E-state index contributed by atoms with van der Waals surface area (Å²) in [5, 5.41) is 8.43. The summed E-state index contributed by atoms with van der Waals surface area (Å²) in [6, 6.07) is 32.7. The monoisotopic (exact) mass is 547 g/mol. The molecule has 1 heterocycles. The van der Waals surface area contributed by atoms with Gasteiger partial charge in [0.15, 0.2) is 0 Å². The quantitative estimate of drug-likeness (QED) is 0.186. The Hall–Kier alpha value is -4.86. The van der Waals surface area contributed by atoms with E-state index in [9.17, 15) is 0 Å². The third-order valence-corrected chi connectivity index (χ3v) is 8.27. The molecule has 0 spiro atoms. The maximum atomic E-state index is 6.54. The Kier molecular flexibility index (Phi) is 7.52. The third-order valence-electron chi connectivity index (χ3n) is 8.27. The van der Waals surface area contributed by atoms with Gasteiger partial charge in [0.1, 0.15) is 0 Å². The molecule has 0 atom stereocenters. The van der Waals surface area contributed by atoms with E-state index in [-0.39, 0.29) is 0 Å². The van der Waals surface area contributed by atoms with Crippen molar-refractivity contribution in [2.75, 3.05) is 5.32 Å². The normalized spacial score (nSPS) is 12.1. The Balaban J connectivity index is 1.67. The molecule has 3 heteroatoms. The number of aromatic nitrogens is 1. The molecule has 5 aromatic carbocycles. The second kappa shape index (κ2) is 11.6. The Labute approximate surface area is 248 Å². The number of hydrogen-bond acceptors (Lipinski definition) is 2. The Morgan fingerprint density at radius 3 is 2.33 bits per heavy atom. The van der Waals surface area contributed by atoms with Gasteiger partial charge in [-0.1, -0.05) is 80.3 Å². The van der Waals surface area contributed by atoms with Crippen LogP contribution in [0.2, 0.25) is 0 Å². The molecule has 42 heavy (non-hydrogen) atoms. The molecule has 0 fully saturated rings. The number of hydrogen-bond donors (Lipinski definition) is 2. The maximum Gasteiger partial charge on any atom is 0.0547 e. The molecule has 0 saturated heterocycles.